The number of amides is 1. The first kappa shape index (κ1) is 25.9. The molecule has 0 bridgehead atoms. The zero-order chi connectivity index (χ0) is 26.8. The van der Waals surface area contributed by atoms with E-state index in [2.05, 4.69) is 20.7 Å². The lowest BCUT2D eigenvalue weighted by molar-refractivity contribution is -0.137. The quantitative estimate of drug-likeness (QED) is 0.332. The fraction of sp³-hybridized carbons (Fsp3) is 0.308. The van der Waals surface area contributed by atoms with Crippen LogP contribution in [0.4, 0.5) is 11.6 Å². The Morgan fingerprint density at radius 1 is 1.18 bits per heavy atom. The van der Waals surface area contributed by atoms with Crippen molar-refractivity contribution in [2.24, 2.45) is 0 Å². The van der Waals surface area contributed by atoms with Crippen LogP contribution in [0.2, 0.25) is 5.02 Å². The van der Waals surface area contributed by atoms with Crippen LogP contribution in [0.1, 0.15) is 30.5 Å². The number of benzene rings is 2. The molecule has 3 aromatic rings. The molecule has 10 nitrogen and oxygen atoms in total. The first-order chi connectivity index (χ1) is 18.3. The lowest BCUT2D eigenvalue weighted by Crippen LogP contribution is -2.31. The first-order valence-electron chi connectivity index (χ1n) is 11.9. The molecular weight excluding hydrogens is 530 g/mol. The Bertz CT molecular complexity index is 1440. The monoisotopic (exact) mass is 555 g/mol. The summed E-state index contributed by atoms with van der Waals surface area (Å²) >= 11 is 7.44. The van der Waals surface area contributed by atoms with Gasteiger partial charge in [-0.05, 0) is 49.2 Å². The predicted octanol–water partition coefficient (Wildman–Crippen LogP) is 4.59. The van der Waals surface area contributed by atoms with Crippen LogP contribution >= 0.6 is 23.4 Å². The summed E-state index contributed by atoms with van der Waals surface area (Å²) < 4.78 is 18.1. The van der Waals surface area contributed by atoms with Crippen molar-refractivity contribution >= 4 is 46.9 Å². The van der Waals surface area contributed by atoms with Crippen LogP contribution < -0.4 is 20.1 Å². The number of nitrogens with one attached hydrogen (secondary N) is 2. The fourth-order valence-electron chi connectivity index (χ4n) is 4.20. The highest BCUT2D eigenvalue weighted by atomic mass is 35.5. The number of hydrogen-bond donors (Lipinski definition) is 2. The maximum Gasteiger partial charge on any atom is 0.316 e. The normalized spacial score (nSPS) is 16.3. The molecule has 0 spiro atoms. The van der Waals surface area contributed by atoms with Gasteiger partial charge in [0.2, 0.25) is 11.1 Å². The van der Waals surface area contributed by atoms with Gasteiger partial charge in [-0.3, -0.25) is 9.59 Å². The molecule has 2 aliphatic rings. The highest BCUT2D eigenvalue weighted by Gasteiger charge is 2.35. The van der Waals surface area contributed by atoms with Crippen LogP contribution in [0.5, 0.6) is 11.5 Å². The van der Waals surface area contributed by atoms with Crippen LogP contribution in [-0.4, -0.2) is 52.7 Å². The average molecular weight is 556 g/mol. The number of carbonyl (C=O) groups is 2. The number of methoxy groups -OCH3 is 1. The maximum absolute atomic E-state index is 13.7. The van der Waals surface area contributed by atoms with E-state index in [1.807, 2.05) is 38.1 Å². The van der Waals surface area contributed by atoms with Gasteiger partial charge in [-0.25, -0.2) is 4.68 Å². The molecule has 2 aromatic carbocycles. The summed E-state index contributed by atoms with van der Waals surface area (Å²) in [5, 5.41) is 11.7. The minimum Gasteiger partial charge on any atom is -0.490 e. The van der Waals surface area contributed by atoms with Crippen molar-refractivity contribution in [1.29, 1.82) is 0 Å². The number of nitrogens with zero attached hydrogens (tertiary/aromatic N) is 3. The zero-order valence-corrected chi connectivity index (χ0v) is 22.6. The third-order valence-electron chi connectivity index (χ3n) is 6.14. The Morgan fingerprint density at radius 2 is 1.97 bits per heavy atom. The van der Waals surface area contributed by atoms with Crippen molar-refractivity contribution in [3.8, 4) is 11.5 Å². The third-order valence-corrected chi connectivity index (χ3v) is 7.36. The van der Waals surface area contributed by atoms with Crippen molar-refractivity contribution < 1.29 is 23.8 Å². The molecule has 198 valence electrons. The topological polar surface area (TPSA) is 117 Å². The number of fused-ring (bicyclic) bond motifs is 2. The minimum absolute atomic E-state index is 0.0581. The second-order valence-electron chi connectivity index (χ2n) is 8.77. The average Bonchev–Trinajstić information content (AvgIpc) is 3.15. The van der Waals surface area contributed by atoms with Gasteiger partial charge < -0.3 is 24.8 Å². The van der Waals surface area contributed by atoms with E-state index in [9.17, 15) is 9.59 Å². The molecule has 1 aromatic heterocycles. The summed E-state index contributed by atoms with van der Waals surface area (Å²) in [4.78, 5) is 30.0. The molecule has 0 aliphatic carbocycles. The molecule has 2 aliphatic heterocycles. The molecule has 1 atom stereocenters. The summed E-state index contributed by atoms with van der Waals surface area (Å²) in [7, 11) is 1.33. The van der Waals surface area contributed by atoms with E-state index in [1.54, 1.807) is 16.8 Å². The van der Waals surface area contributed by atoms with Crippen LogP contribution in [0.3, 0.4) is 0 Å². The van der Waals surface area contributed by atoms with Gasteiger partial charge in [0.1, 0.15) is 6.04 Å². The number of ether oxygens (including phenoxy) is 3. The van der Waals surface area contributed by atoms with E-state index in [-0.39, 0.29) is 17.6 Å². The predicted molar refractivity (Wildman–Crippen MR) is 144 cm³/mol. The summed E-state index contributed by atoms with van der Waals surface area (Å²) in [6.07, 6.45) is 0.775. The minimum atomic E-state index is -0.635. The van der Waals surface area contributed by atoms with E-state index in [0.717, 1.165) is 29.3 Å². The molecular formula is C26H26ClN5O5S. The van der Waals surface area contributed by atoms with Gasteiger partial charge in [-0.15, -0.1) is 5.10 Å². The van der Waals surface area contributed by atoms with Crippen molar-refractivity contribution in [2.75, 3.05) is 36.7 Å². The van der Waals surface area contributed by atoms with Crippen molar-refractivity contribution in [3.05, 3.63) is 63.8 Å². The Balaban J connectivity index is 1.55. The molecule has 5 rings (SSSR count). The zero-order valence-electron chi connectivity index (χ0n) is 21.0. The Hall–Kier alpha value is -3.70. The number of esters is 1. The summed E-state index contributed by atoms with van der Waals surface area (Å²) in [6.45, 7) is 4.81. The Labute approximate surface area is 228 Å². The third kappa shape index (κ3) is 5.30. The second kappa shape index (κ2) is 11.0. The van der Waals surface area contributed by atoms with E-state index in [0.29, 0.717) is 57.8 Å². The first-order valence-corrected chi connectivity index (χ1v) is 13.3. The van der Waals surface area contributed by atoms with E-state index in [4.69, 9.17) is 25.8 Å². The number of anilines is 2. The van der Waals surface area contributed by atoms with E-state index in [1.165, 1.54) is 7.11 Å². The molecule has 3 heterocycles. The number of aryl methyl sites for hydroxylation is 1. The molecule has 2 N–H and O–H groups in total. The Kier molecular flexibility index (Phi) is 7.48. The fourth-order valence-corrected chi connectivity index (χ4v) is 5.04. The lowest BCUT2D eigenvalue weighted by atomic mass is 9.94. The van der Waals surface area contributed by atoms with E-state index >= 15 is 0 Å². The van der Waals surface area contributed by atoms with Crippen LogP contribution in [-0.2, 0) is 14.3 Å². The summed E-state index contributed by atoms with van der Waals surface area (Å²) in [5.41, 5.74) is 3.30. The molecule has 1 amide bonds. The van der Waals surface area contributed by atoms with Gasteiger partial charge >= 0.3 is 5.97 Å². The standard InChI is InChI=1S/C26H26ClN5O5S/c1-14-5-7-17(12-18(14)27)29-24(34)22-15(2)28-25-30-26(38-13-21(33)35-3)31-32(25)23(22)16-6-8-19-20(11-16)37-10-4-9-36-19/h5-8,11-12,23H,4,9-10,13H2,1-3H3,(H,29,34)(H,28,30,31). The van der Waals surface area contributed by atoms with Gasteiger partial charge in [0.15, 0.2) is 11.5 Å². The number of carbonyl (C=O) groups excluding carboxylic acids is 2. The number of aromatic nitrogens is 3. The largest absolute Gasteiger partial charge is 0.490 e. The molecule has 0 radical (unpaired) electrons. The highest BCUT2D eigenvalue weighted by molar-refractivity contribution is 7.99. The van der Waals surface area contributed by atoms with Crippen LogP contribution in [0.25, 0.3) is 0 Å². The van der Waals surface area contributed by atoms with Gasteiger partial charge in [0, 0.05) is 22.8 Å². The smallest absolute Gasteiger partial charge is 0.316 e. The summed E-state index contributed by atoms with van der Waals surface area (Å²) in [6, 6.07) is 10.3. The SMILES string of the molecule is COC(=O)CSc1nc2n(n1)C(c1ccc3c(c1)OCCCO3)C(C(=O)Nc1ccc(C)c(Cl)c1)=C(C)N2. The highest BCUT2D eigenvalue weighted by Crippen LogP contribution is 2.40. The molecule has 0 fully saturated rings. The number of allylic oxidation sites excluding steroid dienone is 1. The van der Waals surface area contributed by atoms with E-state index < -0.39 is 6.04 Å². The van der Waals surface area contributed by atoms with Gasteiger partial charge in [-0.1, -0.05) is 35.5 Å². The number of hydrogen-bond acceptors (Lipinski definition) is 9. The number of halogens is 1. The molecule has 12 heteroatoms. The molecule has 0 saturated heterocycles. The number of rotatable bonds is 6. The van der Waals surface area contributed by atoms with Crippen molar-refractivity contribution in [1.82, 2.24) is 14.8 Å². The van der Waals surface area contributed by atoms with Gasteiger partial charge in [0.05, 0.1) is 31.6 Å². The van der Waals surface area contributed by atoms with Crippen molar-refractivity contribution in [2.45, 2.75) is 31.5 Å². The molecule has 1 unspecified atom stereocenters. The second-order valence-corrected chi connectivity index (χ2v) is 10.1. The van der Waals surface area contributed by atoms with Gasteiger partial charge in [0.25, 0.3) is 5.91 Å². The van der Waals surface area contributed by atoms with Crippen LogP contribution in [0.15, 0.2) is 52.8 Å². The molecule has 38 heavy (non-hydrogen) atoms. The lowest BCUT2D eigenvalue weighted by Gasteiger charge is -2.29. The van der Waals surface area contributed by atoms with Gasteiger partial charge in [-0.2, -0.15) is 4.98 Å². The van der Waals surface area contributed by atoms with Crippen LogP contribution in [0, 0.1) is 6.92 Å². The molecule has 0 saturated carbocycles. The maximum atomic E-state index is 13.7. The summed E-state index contributed by atoms with van der Waals surface area (Å²) in [5.74, 6) is 1.04. The number of thioether (sulfide) groups is 1. The van der Waals surface area contributed by atoms with Crippen molar-refractivity contribution in [3.63, 3.8) is 0 Å². The Morgan fingerprint density at radius 3 is 2.74 bits per heavy atom.